The van der Waals surface area contributed by atoms with E-state index in [9.17, 15) is 0 Å². The molecule has 2 rings (SSSR count). The largest absolute Gasteiger partial charge is 0.496 e. The molecule has 1 heterocycles. The summed E-state index contributed by atoms with van der Waals surface area (Å²) in [6, 6.07) is 9.09. The number of nitrogens with zero attached hydrogens (tertiary/aromatic N) is 1. The van der Waals surface area contributed by atoms with E-state index in [0.29, 0.717) is 17.4 Å². The normalized spacial score (nSPS) is 10.2. The smallest absolute Gasteiger partial charge is 0.138 e. The Kier molecular flexibility index (Phi) is 4.44. The SMILES string of the molecule is COc1ccc(Cl)cc1COc1ccc(Br)nc1. The second-order valence-corrected chi connectivity index (χ2v) is 4.81. The maximum Gasteiger partial charge on any atom is 0.138 e. The topological polar surface area (TPSA) is 31.4 Å². The highest BCUT2D eigenvalue weighted by atomic mass is 79.9. The van der Waals surface area contributed by atoms with Crippen LogP contribution in [-0.4, -0.2) is 12.1 Å². The van der Waals surface area contributed by atoms with Gasteiger partial charge >= 0.3 is 0 Å². The minimum atomic E-state index is 0.382. The molecule has 18 heavy (non-hydrogen) atoms. The maximum absolute atomic E-state index is 5.95. The fourth-order valence-electron chi connectivity index (χ4n) is 1.47. The molecule has 94 valence electrons. The summed E-state index contributed by atoms with van der Waals surface area (Å²) in [6.45, 7) is 0.382. The molecule has 0 aliphatic carbocycles. The number of aromatic nitrogens is 1. The standard InChI is InChI=1S/C13H11BrClNO2/c1-17-12-4-2-10(15)6-9(12)8-18-11-3-5-13(14)16-7-11/h2-7H,8H2,1H3. The van der Waals surface area contributed by atoms with Crippen molar-refractivity contribution >= 4 is 27.5 Å². The minimum absolute atomic E-state index is 0.382. The number of halogens is 2. The van der Waals surface area contributed by atoms with Crippen LogP contribution >= 0.6 is 27.5 Å². The molecule has 0 atom stereocenters. The Balaban J connectivity index is 2.09. The Hall–Kier alpha value is -1.26. The van der Waals surface area contributed by atoms with Crippen molar-refractivity contribution in [2.24, 2.45) is 0 Å². The average Bonchev–Trinajstić information content (AvgIpc) is 2.38. The van der Waals surface area contributed by atoms with E-state index < -0.39 is 0 Å². The molecule has 0 aliphatic rings. The van der Waals surface area contributed by atoms with E-state index in [0.717, 1.165) is 15.9 Å². The molecule has 0 spiro atoms. The third-order valence-corrected chi connectivity index (χ3v) is 3.04. The molecule has 1 aromatic carbocycles. The van der Waals surface area contributed by atoms with Crippen molar-refractivity contribution in [1.82, 2.24) is 4.98 Å². The Morgan fingerprint density at radius 3 is 2.78 bits per heavy atom. The van der Waals surface area contributed by atoms with Crippen molar-refractivity contribution in [1.29, 1.82) is 0 Å². The number of hydrogen-bond donors (Lipinski definition) is 0. The van der Waals surface area contributed by atoms with Crippen LogP contribution in [0, 0.1) is 0 Å². The molecular formula is C13H11BrClNO2. The highest BCUT2D eigenvalue weighted by Crippen LogP contribution is 2.24. The number of benzene rings is 1. The number of hydrogen-bond acceptors (Lipinski definition) is 3. The summed E-state index contributed by atoms with van der Waals surface area (Å²) in [5, 5.41) is 0.656. The lowest BCUT2D eigenvalue weighted by atomic mass is 10.2. The van der Waals surface area contributed by atoms with E-state index in [4.69, 9.17) is 21.1 Å². The van der Waals surface area contributed by atoms with E-state index in [2.05, 4.69) is 20.9 Å². The van der Waals surface area contributed by atoms with Crippen LogP contribution in [0.5, 0.6) is 11.5 Å². The Morgan fingerprint density at radius 2 is 2.11 bits per heavy atom. The second kappa shape index (κ2) is 6.07. The predicted molar refractivity (Wildman–Crippen MR) is 74.3 cm³/mol. The lowest BCUT2D eigenvalue weighted by Crippen LogP contribution is -1.99. The van der Waals surface area contributed by atoms with Crippen molar-refractivity contribution < 1.29 is 9.47 Å². The molecule has 0 N–H and O–H groups in total. The van der Waals surface area contributed by atoms with Crippen molar-refractivity contribution in [2.45, 2.75) is 6.61 Å². The van der Waals surface area contributed by atoms with Gasteiger partial charge in [0.1, 0.15) is 22.7 Å². The molecular weight excluding hydrogens is 318 g/mol. The van der Waals surface area contributed by atoms with Gasteiger partial charge in [0, 0.05) is 10.6 Å². The molecule has 2 aromatic rings. The number of methoxy groups -OCH3 is 1. The third-order valence-electron chi connectivity index (χ3n) is 2.34. The summed E-state index contributed by atoms with van der Waals surface area (Å²) in [6.07, 6.45) is 1.65. The van der Waals surface area contributed by atoms with Crippen LogP contribution in [-0.2, 0) is 6.61 Å². The number of pyridine rings is 1. The van der Waals surface area contributed by atoms with Crippen molar-refractivity contribution in [3.63, 3.8) is 0 Å². The Bertz CT molecular complexity index is 531. The fraction of sp³-hybridized carbons (Fsp3) is 0.154. The zero-order chi connectivity index (χ0) is 13.0. The molecule has 5 heteroatoms. The molecule has 0 saturated heterocycles. The third kappa shape index (κ3) is 3.37. The first-order chi connectivity index (χ1) is 8.69. The van der Waals surface area contributed by atoms with Crippen LogP contribution in [0.1, 0.15) is 5.56 Å². The summed E-state index contributed by atoms with van der Waals surface area (Å²) in [5.74, 6) is 1.45. The molecule has 3 nitrogen and oxygen atoms in total. The molecule has 0 fully saturated rings. The van der Waals surface area contributed by atoms with Gasteiger partial charge in [0.2, 0.25) is 0 Å². The predicted octanol–water partition coefficient (Wildman–Crippen LogP) is 4.09. The van der Waals surface area contributed by atoms with Gasteiger partial charge in [-0.05, 0) is 46.3 Å². The van der Waals surface area contributed by atoms with Gasteiger partial charge in [0.25, 0.3) is 0 Å². The first kappa shape index (κ1) is 13.2. The zero-order valence-corrected chi connectivity index (χ0v) is 12.0. The highest BCUT2D eigenvalue weighted by molar-refractivity contribution is 9.10. The van der Waals surface area contributed by atoms with Crippen LogP contribution < -0.4 is 9.47 Å². The number of rotatable bonds is 4. The fourth-order valence-corrected chi connectivity index (χ4v) is 1.90. The van der Waals surface area contributed by atoms with Gasteiger partial charge in [-0.2, -0.15) is 0 Å². The minimum Gasteiger partial charge on any atom is -0.496 e. The molecule has 0 amide bonds. The summed E-state index contributed by atoms with van der Waals surface area (Å²) < 4.78 is 11.6. The summed E-state index contributed by atoms with van der Waals surface area (Å²) in [7, 11) is 1.62. The van der Waals surface area contributed by atoms with Gasteiger partial charge in [0.05, 0.1) is 13.3 Å². The van der Waals surface area contributed by atoms with Crippen LogP contribution in [0.4, 0.5) is 0 Å². The van der Waals surface area contributed by atoms with E-state index in [1.54, 1.807) is 19.4 Å². The van der Waals surface area contributed by atoms with Crippen molar-refractivity contribution in [3.05, 3.63) is 51.7 Å². The molecule has 0 radical (unpaired) electrons. The van der Waals surface area contributed by atoms with E-state index in [1.165, 1.54) is 0 Å². The van der Waals surface area contributed by atoms with E-state index in [1.807, 2.05) is 24.3 Å². The van der Waals surface area contributed by atoms with Gasteiger partial charge in [-0.15, -0.1) is 0 Å². The zero-order valence-electron chi connectivity index (χ0n) is 9.69. The van der Waals surface area contributed by atoms with Gasteiger partial charge in [-0.1, -0.05) is 11.6 Å². The van der Waals surface area contributed by atoms with Crippen molar-refractivity contribution in [2.75, 3.05) is 7.11 Å². The van der Waals surface area contributed by atoms with Gasteiger partial charge < -0.3 is 9.47 Å². The maximum atomic E-state index is 5.95. The summed E-state index contributed by atoms with van der Waals surface area (Å²) >= 11 is 9.22. The lowest BCUT2D eigenvalue weighted by Gasteiger charge is -2.10. The average molecular weight is 329 g/mol. The molecule has 0 saturated carbocycles. The molecule has 1 aromatic heterocycles. The second-order valence-electron chi connectivity index (χ2n) is 3.56. The molecule has 0 unspecified atom stereocenters. The van der Waals surface area contributed by atoms with Crippen LogP contribution in [0.25, 0.3) is 0 Å². The quantitative estimate of drug-likeness (QED) is 0.792. The van der Waals surface area contributed by atoms with Gasteiger partial charge in [-0.3, -0.25) is 0 Å². The first-order valence-corrected chi connectivity index (χ1v) is 6.43. The van der Waals surface area contributed by atoms with Crippen LogP contribution in [0.2, 0.25) is 5.02 Å². The first-order valence-electron chi connectivity index (χ1n) is 5.26. The van der Waals surface area contributed by atoms with Gasteiger partial charge in [-0.25, -0.2) is 4.98 Å². The van der Waals surface area contributed by atoms with Gasteiger partial charge in [0.15, 0.2) is 0 Å². The highest BCUT2D eigenvalue weighted by Gasteiger charge is 2.05. The monoisotopic (exact) mass is 327 g/mol. The molecule has 0 aliphatic heterocycles. The summed E-state index contributed by atoms with van der Waals surface area (Å²) in [4.78, 5) is 4.09. The van der Waals surface area contributed by atoms with E-state index in [-0.39, 0.29) is 0 Å². The van der Waals surface area contributed by atoms with Crippen molar-refractivity contribution in [3.8, 4) is 11.5 Å². The Morgan fingerprint density at radius 1 is 1.28 bits per heavy atom. The number of ether oxygens (including phenoxy) is 2. The van der Waals surface area contributed by atoms with Crippen LogP contribution in [0.15, 0.2) is 41.1 Å². The van der Waals surface area contributed by atoms with E-state index >= 15 is 0 Å². The van der Waals surface area contributed by atoms with Crippen LogP contribution in [0.3, 0.4) is 0 Å². The summed E-state index contributed by atoms with van der Waals surface area (Å²) in [5.41, 5.74) is 0.896. The lowest BCUT2D eigenvalue weighted by molar-refractivity contribution is 0.295. The Labute approximate surface area is 119 Å². The molecule has 0 bridgehead atoms.